The molecule has 0 amide bonds. The van der Waals surface area contributed by atoms with Crippen LogP contribution in [0.25, 0.3) is 0 Å². The van der Waals surface area contributed by atoms with E-state index in [1.807, 2.05) is 0 Å². The van der Waals surface area contributed by atoms with Crippen LogP contribution in [0.5, 0.6) is 0 Å². The molecule has 12 heavy (non-hydrogen) atoms. The predicted octanol–water partition coefficient (Wildman–Crippen LogP) is 0.564. The van der Waals surface area contributed by atoms with E-state index in [1.165, 1.54) is 0 Å². The lowest BCUT2D eigenvalue weighted by Crippen LogP contribution is -2.07. The molecule has 0 aliphatic carbocycles. The summed E-state index contributed by atoms with van der Waals surface area (Å²) < 4.78 is 4.78. The van der Waals surface area contributed by atoms with Gasteiger partial charge in [-0.2, -0.15) is 0 Å². The molecule has 2 heterocycles. The van der Waals surface area contributed by atoms with Crippen molar-refractivity contribution in [1.29, 1.82) is 0 Å². The Bertz CT molecular complexity index is 276. The van der Waals surface area contributed by atoms with Crippen LogP contribution in [0.1, 0.15) is 28.6 Å². The molecule has 1 saturated heterocycles. The third-order valence-electron chi connectivity index (χ3n) is 2.14. The fourth-order valence-electron chi connectivity index (χ4n) is 1.46. The monoisotopic (exact) mass is 166 g/mol. The normalized spacial score (nSPS) is 22.8. The van der Waals surface area contributed by atoms with Crippen LogP contribution in [0, 0.1) is 0 Å². The van der Waals surface area contributed by atoms with Gasteiger partial charge in [0, 0.05) is 18.5 Å². The molecule has 1 aromatic rings. The van der Waals surface area contributed by atoms with Crippen LogP contribution in [0.15, 0.2) is 10.6 Å². The van der Waals surface area contributed by atoms with Crippen molar-refractivity contribution in [2.24, 2.45) is 0 Å². The van der Waals surface area contributed by atoms with E-state index in [1.54, 1.807) is 6.07 Å². The van der Waals surface area contributed by atoms with Crippen LogP contribution in [0.3, 0.4) is 0 Å². The molecule has 1 N–H and O–H groups in total. The van der Waals surface area contributed by atoms with Gasteiger partial charge >= 0.3 is 0 Å². The van der Waals surface area contributed by atoms with Gasteiger partial charge in [0.1, 0.15) is 0 Å². The molecule has 1 aliphatic rings. The molecule has 0 radical (unpaired) electrons. The molecule has 0 aromatic carbocycles. The average Bonchev–Trinajstić information content (AvgIpc) is 2.75. The van der Waals surface area contributed by atoms with Gasteiger partial charge in [-0.25, -0.2) is 0 Å². The van der Waals surface area contributed by atoms with Crippen LogP contribution < -0.4 is 5.32 Å². The summed E-state index contributed by atoms with van der Waals surface area (Å²) in [5.41, 5.74) is 0.891. The van der Waals surface area contributed by atoms with E-state index in [0.29, 0.717) is 18.0 Å². The number of carbonyl (C=O) groups is 1. The van der Waals surface area contributed by atoms with Gasteiger partial charge in [0.25, 0.3) is 0 Å². The number of nitrogens with one attached hydrogen (secondary N) is 1. The van der Waals surface area contributed by atoms with Crippen LogP contribution in [0.2, 0.25) is 0 Å². The molecule has 0 spiro atoms. The van der Waals surface area contributed by atoms with Gasteiger partial charge in [-0.05, 0) is 13.0 Å². The number of aldehydes is 1. The molecule has 1 aromatic heterocycles. The Morgan fingerprint density at radius 3 is 3.25 bits per heavy atom. The summed E-state index contributed by atoms with van der Waals surface area (Å²) in [6, 6.07) is 1.71. The quantitative estimate of drug-likeness (QED) is 0.652. The Kier molecular flexibility index (Phi) is 1.91. The number of hydrogen-bond donors (Lipinski definition) is 1. The third kappa shape index (κ3) is 1.25. The average molecular weight is 166 g/mol. The molecule has 4 heteroatoms. The largest absolute Gasteiger partial charge is 0.353 e. The fraction of sp³-hybridized carbons (Fsp3) is 0.500. The molecule has 64 valence electrons. The van der Waals surface area contributed by atoms with Crippen LogP contribution in [0.4, 0.5) is 0 Å². The van der Waals surface area contributed by atoms with Gasteiger partial charge in [-0.15, -0.1) is 0 Å². The van der Waals surface area contributed by atoms with E-state index >= 15 is 0 Å². The molecule has 0 saturated carbocycles. The van der Waals surface area contributed by atoms with Crippen molar-refractivity contribution in [3.05, 3.63) is 17.5 Å². The maximum absolute atomic E-state index is 10.3. The van der Waals surface area contributed by atoms with Gasteiger partial charge in [-0.1, -0.05) is 5.16 Å². The minimum atomic E-state index is 0.317. The van der Waals surface area contributed by atoms with Crippen molar-refractivity contribution < 1.29 is 9.32 Å². The highest BCUT2D eigenvalue weighted by Gasteiger charge is 2.19. The minimum absolute atomic E-state index is 0.317. The van der Waals surface area contributed by atoms with Crippen molar-refractivity contribution >= 4 is 6.29 Å². The topological polar surface area (TPSA) is 55.1 Å². The van der Waals surface area contributed by atoms with Gasteiger partial charge in [0.2, 0.25) is 0 Å². The number of hydrogen-bond acceptors (Lipinski definition) is 4. The SMILES string of the molecule is O=Cc1cc([C@@H]2CCNC2)no1. The van der Waals surface area contributed by atoms with E-state index in [4.69, 9.17) is 4.52 Å². The van der Waals surface area contributed by atoms with Crippen molar-refractivity contribution in [3.8, 4) is 0 Å². The van der Waals surface area contributed by atoms with Gasteiger partial charge in [0.15, 0.2) is 12.0 Å². The molecule has 1 fully saturated rings. The Morgan fingerprint density at radius 1 is 1.75 bits per heavy atom. The summed E-state index contributed by atoms with van der Waals surface area (Å²) in [6.07, 6.45) is 1.75. The van der Waals surface area contributed by atoms with E-state index in [-0.39, 0.29) is 0 Å². The summed E-state index contributed by atoms with van der Waals surface area (Å²) in [5, 5.41) is 7.05. The lowest BCUT2D eigenvalue weighted by atomic mass is 10.1. The first kappa shape index (κ1) is 7.49. The van der Waals surface area contributed by atoms with Gasteiger partial charge in [-0.3, -0.25) is 4.79 Å². The second kappa shape index (κ2) is 3.06. The van der Waals surface area contributed by atoms with Crippen molar-refractivity contribution in [2.75, 3.05) is 13.1 Å². The second-order valence-corrected chi connectivity index (χ2v) is 2.96. The fourth-order valence-corrected chi connectivity index (χ4v) is 1.46. The van der Waals surface area contributed by atoms with Crippen molar-refractivity contribution in [1.82, 2.24) is 10.5 Å². The van der Waals surface area contributed by atoms with Crippen LogP contribution in [-0.2, 0) is 0 Å². The summed E-state index contributed by atoms with van der Waals surface area (Å²) in [4.78, 5) is 10.3. The maximum atomic E-state index is 10.3. The Hall–Kier alpha value is -1.16. The maximum Gasteiger partial charge on any atom is 0.199 e. The molecule has 2 rings (SSSR count). The summed E-state index contributed by atoms with van der Waals surface area (Å²) >= 11 is 0. The summed E-state index contributed by atoms with van der Waals surface area (Å²) in [7, 11) is 0. The van der Waals surface area contributed by atoms with Gasteiger partial charge < -0.3 is 9.84 Å². The lowest BCUT2D eigenvalue weighted by Gasteiger charge is -1.99. The standard InChI is InChI=1S/C8H10N2O2/c11-5-7-3-8(10-12-7)6-1-2-9-4-6/h3,5-6,9H,1-2,4H2/t6-/m1/s1. The first-order valence-electron chi connectivity index (χ1n) is 4.02. The zero-order chi connectivity index (χ0) is 8.39. The first-order valence-corrected chi connectivity index (χ1v) is 4.02. The molecule has 1 atom stereocenters. The minimum Gasteiger partial charge on any atom is -0.353 e. The van der Waals surface area contributed by atoms with E-state index in [0.717, 1.165) is 25.2 Å². The summed E-state index contributed by atoms with van der Waals surface area (Å²) in [5.74, 6) is 0.736. The van der Waals surface area contributed by atoms with Crippen LogP contribution >= 0.6 is 0 Å². The van der Waals surface area contributed by atoms with Gasteiger partial charge in [0.05, 0.1) is 5.69 Å². The highest BCUT2D eigenvalue weighted by Crippen LogP contribution is 2.20. The lowest BCUT2D eigenvalue weighted by molar-refractivity contribution is 0.109. The van der Waals surface area contributed by atoms with Crippen molar-refractivity contribution in [3.63, 3.8) is 0 Å². The highest BCUT2D eigenvalue weighted by atomic mass is 16.5. The Balaban J connectivity index is 2.16. The number of aromatic nitrogens is 1. The highest BCUT2D eigenvalue weighted by molar-refractivity contribution is 5.70. The Labute approximate surface area is 69.9 Å². The molecule has 1 aliphatic heterocycles. The predicted molar refractivity (Wildman–Crippen MR) is 42.1 cm³/mol. The van der Waals surface area contributed by atoms with E-state index < -0.39 is 0 Å². The zero-order valence-electron chi connectivity index (χ0n) is 6.62. The molecular weight excluding hydrogens is 156 g/mol. The number of nitrogens with zero attached hydrogens (tertiary/aromatic N) is 1. The smallest absolute Gasteiger partial charge is 0.199 e. The Morgan fingerprint density at radius 2 is 2.67 bits per heavy atom. The number of carbonyl (C=O) groups excluding carboxylic acids is 1. The molecule has 4 nitrogen and oxygen atoms in total. The second-order valence-electron chi connectivity index (χ2n) is 2.96. The van der Waals surface area contributed by atoms with E-state index in [9.17, 15) is 4.79 Å². The first-order chi connectivity index (χ1) is 5.90. The third-order valence-corrected chi connectivity index (χ3v) is 2.14. The van der Waals surface area contributed by atoms with E-state index in [2.05, 4.69) is 10.5 Å². The zero-order valence-corrected chi connectivity index (χ0v) is 6.62. The molecule has 0 unspecified atom stereocenters. The van der Waals surface area contributed by atoms with Crippen LogP contribution in [-0.4, -0.2) is 24.5 Å². The molecular formula is C8H10N2O2. The summed E-state index contributed by atoms with van der Waals surface area (Å²) in [6.45, 7) is 1.96. The van der Waals surface area contributed by atoms with Crippen molar-refractivity contribution in [2.45, 2.75) is 12.3 Å². The molecule has 0 bridgehead atoms. The number of rotatable bonds is 2.